The first-order valence-corrected chi connectivity index (χ1v) is 27.0. The molecule has 0 radical (unpaired) electrons. The van der Waals surface area contributed by atoms with Crippen LogP contribution in [0.5, 0.6) is 0 Å². The first-order valence-electron chi connectivity index (χ1n) is 24.0. The first-order chi connectivity index (χ1) is 34.3. The van der Waals surface area contributed by atoms with Crippen molar-refractivity contribution in [3.05, 3.63) is 179 Å². The Labute approximate surface area is 428 Å². The van der Waals surface area contributed by atoms with E-state index in [1.165, 1.54) is 9.80 Å². The Balaban J connectivity index is 1.45. The molecule has 72 heavy (non-hydrogen) atoms. The molecule has 382 valence electrons. The smallest absolute Gasteiger partial charge is 0.410 e. The van der Waals surface area contributed by atoms with Gasteiger partial charge in [-0.2, -0.15) is 0 Å². The van der Waals surface area contributed by atoms with Crippen molar-refractivity contribution >= 4 is 51.6 Å². The highest BCUT2D eigenvalue weighted by Gasteiger charge is 2.45. The van der Waals surface area contributed by atoms with Gasteiger partial charge in [0.05, 0.1) is 23.7 Å². The van der Waals surface area contributed by atoms with Crippen LogP contribution < -0.4 is 10.6 Å². The van der Waals surface area contributed by atoms with E-state index < -0.39 is 86.0 Å². The summed E-state index contributed by atoms with van der Waals surface area (Å²) in [6, 6.07) is 41.9. The van der Waals surface area contributed by atoms with Gasteiger partial charge in [-0.25, -0.2) is 22.8 Å². The summed E-state index contributed by atoms with van der Waals surface area (Å²) in [5.74, 6) is -2.94. The lowest BCUT2D eigenvalue weighted by atomic mass is 9.84. The summed E-state index contributed by atoms with van der Waals surface area (Å²) in [4.78, 5) is 74.9. The van der Waals surface area contributed by atoms with E-state index in [0.717, 1.165) is 41.2 Å². The number of nitrogens with one attached hydrogen (secondary N) is 2. The maximum atomic E-state index is 15.7. The molecule has 0 aliphatic carbocycles. The molecule has 1 aliphatic heterocycles. The van der Waals surface area contributed by atoms with Crippen LogP contribution in [-0.4, -0.2) is 109 Å². The summed E-state index contributed by atoms with van der Waals surface area (Å²) in [6.45, 7) is 8.46. The van der Waals surface area contributed by atoms with Crippen LogP contribution in [0, 0.1) is 5.92 Å². The number of methoxy groups -OCH3 is 1. The second-order valence-electron chi connectivity index (χ2n) is 19.3. The number of esters is 1. The maximum Gasteiger partial charge on any atom is 0.410 e. The number of hydrogen-bond donors (Lipinski definition) is 2. The largest absolute Gasteiger partial charge is 0.467 e. The van der Waals surface area contributed by atoms with Crippen molar-refractivity contribution in [2.45, 2.75) is 95.1 Å². The fourth-order valence-electron chi connectivity index (χ4n) is 8.88. The minimum absolute atomic E-state index is 0.0291. The van der Waals surface area contributed by atoms with Crippen molar-refractivity contribution in [1.82, 2.24) is 20.4 Å². The van der Waals surface area contributed by atoms with Crippen molar-refractivity contribution in [3.8, 4) is 0 Å². The van der Waals surface area contributed by atoms with Crippen molar-refractivity contribution in [1.29, 1.82) is 0 Å². The predicted molar refractivity (Wildman–Crippen MR) is 280 cm³/mol. The van der Waals surface area contributed by atoms with Crippen molar-refractivity contribution < 1.29 is 46.6 Å². The van der Waals surface area contributed by atoms with Crippen molar-refractivity contribution in [3.63, 3.8) is 0 Å². The second kappa shape index (κ2) is 24.7. The van der Waals surface area contributed by atoms with E-state index in [0.29, 0.717) is 5.56 Å². The molecule has 0 saturated carbocycles. The topological polar surface area (TPSA) is 178 Å². The number of amides is 4. The number of ether oxygens (including phenoxy) is 3. The Morgan fingerprint density at radius 3 is 1.76 bits per heavy atom. The van der Waals surface area contributed by atoms with Crippen molar-refractivity contribution in [2.24, 2.45) is 5.92 Å². The number of nitrogens with zero attached hydrogens (tertiary/aromatic N) is 2. The molecule has 14 nitrogen and oxygen atoms in total. The molecule has 1 aliphatic rings. The number of rotatable bonds is 20. The highest BCUT2D eigenvalue weighted by molar-refractivity contribution is 8.00. The first kappa shape index (κ1) is 54.7. The summed E-state index contributed by atoms with van der Waals surface area (Å²) >= 11 is 1.56. The van der Waals surface area contributed by atoms with Crippen LogP contribution in [0.15, 0.2) is 146 Å². The number of fused-ring (bicyclic) bond motifs is 1. The van der Waals surface area contributed by atoms with E-state index in [-0.39, 0.29) is 38.3 Å². The number of benzene rings is 5. The summed E-state index contributed by atoms with van der Waals surface area (Å²) in [5, 5.41) is 5.75. The van der Waals surface area contributed by atoms with Gasteiger partial charge in [-0.05, 0) is 66.5 Å². The van der Waals surface area contributed by atoms with Crippen molar-refractivity contribution in [2.75, 3.05) is 31.4 Å². The van der Waals surface area contributed by atoms with Gasteiger partial charge < -0.3 is 29.7 Å². The fraction of sp³-hybridized carbons (Fsp3) is 0.375. The van der Waals surface area contributed by atoms with Gasteiger partial charge >= 0.3 is 18.2 Å². The van der Waals surface area contributed by atoms with Gasteiger partial charge in [0.2, 0.25) is 11.8 Å². The van der Waals surface area contributed by atoms with E-state index >= 15 is 4.79 Å². The molecule has 4 amide bonds. The molecule has 5 aromatic carbocycles. The monoisotopic (exact) mass is 1020 g/mol. The van der Waals surface area contributed by atoms with Gasteiger partial charge in [0, 0.05) is 31.5 Å². The Bertz CT molecular complexity index is 2630. The molecular weight excluding hydrogens is 953 g/mol. The van der Waals surface area contributed by atoms with Gasteiger partial charge in [-0.3, -0.25) is 14.5 Å². The van der Waals surface area contributed by atoms with E-state index in [1.807, 2.05) is 109 Å². The molecule has 0 bridgehead atoms. The van der Waals surface area contributed by atoms with Crippen LogP contribution >= 0.6 is 11.8 Å². The van der Waals surface area contributed by atoms with E-state index in [1.54, 1.807) is 46.4 Å². The average Bonchev–Trinajstić information content (AvgIpc) is 3.36. The summed E-state index contributed by atoms with van der Waals surface area (Å²) in [6.07, 6.45) is -0.741. The molecule has 0 saturated heterocycles. The normalized spacial score (nSPS) is 15.0. The van der Waals surface area contributed by atoms with Gasteiger partial charge in [-0.15, -0.1) is 11.8 Å². The maximum absolute atomic E-state index is 15.7. The van der Waals surface area contributed by atoms with E-state index in [2.05, 4.69) is 47.0 Å². The van der Waals surface area contributed by atoms with E-state index in [9.17, 15) is 27.6 Å². The Hall–Kier alpha value is -6.65. The highest BCUT2D eigenvalue weighted by Crippen LogP contribution is 2.48. The third-order valence-electron chi connectivity index (χ3n) is 12.3. The predicted octanol–water partition coefficient (Wildman–Crippen LogP) is 8.31. The van der Waals surface area contributed by atoms with Gasteiger partial charge in [0.1, 0.15) is 40.2 Å². The van der Waals surface area contributed by atoms with Crippen LogP contribution in [-0.2, 0) is 62.8 Å². The summed E-state index contributed by atoms with van der Waals surface area (Å²) in [5.41, 5.74) is 4.31. The van der Waals surface area contributed by atoms with Gasteiger partial charge in [0.25, 0.3) is 0 Å². The van der Waals surface area contributed by atoms with E-state index in [4.69, 9.17) is 14.2 Å². The standard InChI is InChI=1S/C56H66N4O10S2/c1-39(2)49(51(62)59-35-42-25-21-20-24-41(42)34-48(59)50(61)58-47(52(63)68-6)32-33-72(7,66)67)60(54(65)69-37-40-22-12-8-13-23-40)36-46(57-53(64)70-55(3,4)5)38-71-56(43-26-14-9-15-27-43,44-28-16-10-17-29-44)45-30-18-11-19-31-45/h8-31,39,46-49H,32-38H2,1-7H3,(H,57,64)(H,58,61)/t46-,47+,48+,49+/m1/s1. The molecule has 16 heteroatoms. The third kappa shape index (κ3) is 14.5. The molecule has 0 aromatic heterocycles. The third-order valence-corrected chi connectivity index (χ3v) is 14.9. The molecular formula is C56H66N4O10S2. The summed E-state index contributed by atoms with van der Waals surface area (Å²) < 4.78 is 40.4. The lowest BCUT2D eigenvalue weighted by Crippen LogP contribution is -2.62. The Morgan fingerprint density at radius 1 is 0.750 bits per heavy atom. The number of alkyl carbamates (subject to hydrolysis) is 1. The molecule has 5 aromatic rings. The zero-order valence-corrected chi connectivity index (χ0v) is 43.6. The lowest BCUT2D eigenvalue weighted by molar-refractivity contribution is -0.149. The Morgan fingerprint density at radius 2 is 1.26 bits per heavy atom. The SMILES string of the molecule is COC(=O)[C@H](CCS(C)(=O)=O)NC(=O)[C@@H]1Cc2ccccc2CN1C(=O)[C@H](C(C)C)N(C[C@H](CSC(c1ccccc1)(c1ccccc1)c1ccccc1)NC(=O)OC(C)(C)C)C(=O)OCc1ccccc1. The minimum atomic E-state index is -3.54. The van der Waals surface area contributed by atoms with Crippen LogP contribution in [0.3, 0.4) is 0 Å². The van der Waals surface area contributed by atoms with Crippen LogP contribution in [0.1, 0.15) is 74.4 Å². The fourth-order valence-corrected chi connectivity index (χ4v) is 11.1. The second-order valence-corrected chi connectivity index (χ2v) is 22.8. The van der Waals surface area contributed by atoms with Crippen LogP contribution in [0.2, 0.25) is 0 Å². The number of sulfone groups is 1. The average molecular weight is 1020 g/mol. The zero-order valence-electron chi connectivity index (χ0n) is 42.0. The highest BCUT2D eigenvalue weighted by atomic mass is 32.2. The Kier molecular flexibility index (Phi) is 18.7. The molecule has 0 unspecified atom stereocenters. The van der Waals surface area contributed by atoms with Gasteiger partial charge in [0.15, 0.2) is 0 Å². The number of carbonyl (C=O) groups excluding carboxylic acids is 5. The molecule has 6 rings (SSSR count). The molecule has 0 fully saturated rings. The number of thioether (sulfide) groups is 1. The lowest BCUT2D eigenvalue weighted by Gasteiger charge is -2.42. The van der Waals surface area contributed by atoms with Crippen LogP contribution in [0.25, 0.3) is 0 Å². The quantitative estimate of drug-likeness (QED) is 0.0436. The van der Waals surface area contributed by atoms with Gasteiger partial charge in [-0.1, -0.05) is 159 Å². The number of hydrogen-bond acceptors (Lipinski definition) is 11. The number of carbonyl (C=O) groups is 5. The molecule has 4 atom stereocenters. The molecule has 0 spiro atoms. The summed E-state index contributed by atoms with van der Waals surface area (Å²) in [7, 11) is -2.40. The minimum Gasteiger partial charge on any atom is -0.467 e. The molecule has 1 heterocycles. The molecule has 2 N–H and O–H groups in total. The van der Waals surface area contributed by atoms with Crippen LogP contribution in [0.4, 0.5) is 9.59 Å². The zero-order chi connectivity index (χ0) is 52.1.